The number of nitrogens with zero attached hydrogens (tertiary/aromatic N) is 3. The van der Waals surface area contributed by atoms with E-state index >= 15 is 0 Å². The Morgan fingerprint density at radius 2 is 2.19 bits per heavy atom. The van der Waals surface area contributed by atoms with Crippen molar-refractivity contribution < 1.29 is 0 Å². The van der Waals surface area contributed by atoms with Crippen LogP contribution in [0.4, 0.5) is 5.69 Å². The van der Waals surface area contributed by atoms with Crippen molar-refractivity contribution in [3.63, 3.8) is 0 Å². The van der Waals surface area contributed by atoms with Crippen LogP contribution < -0.4 is 10.2 Å². The van der Waals surface area contributed by atoms with Crippen LogP contribution in [-0.2, 0) is 6.42 Å². The molecule has 1 N–H and O–H groups in total. The first-order chi connectivity index (χ1) is 7.72. The predicted octanol–water partition coefficient (Wildman–Crippen LogP) is 1.16. The highest BCUT2D eigenvalue weighted by molar-refractivity contribution is 5.54. The summed E-state index contributed by atoms with van der Waals surface area (Å²) in [6, 6.07) is 4.21. The first-order valence-electron chi connectivity index (χ1n) is 5.50. The third-order valence-corrected chi connectivity index (χ3v) is 2.70. The Hall–Kier alpha value is -1.55. The molecule has 2 aromatic rings. The van der Waals surface area contributed by atoms with Crippen LogP contribution in [0.15, 0.2) is 24.5 Å². The van der Waals surface area contributed by atoms with Gasteiger partial charge in [-0.2, -0.15) is 0 Å². The molecule has 0 saturated carbocycles. The molecule has 0 atom stereocenters. The summed E-state index contributed by atoms with van der Waals surface area (Å²) in [6.45, 7) is 0.950. The number of anilines is 1. The number of pyridine rings is 1. The lowest BCUT2D eigenvalue weighted by Crippen LogP contribution is -2.13. The van der Waals surface area contributed by atoms with Crippen molar-refractivity contribution in [2.24, 2.45) is 0 Å². The third kappa shape index (κ3) is 2.02. The fourth-order valence-corrected chi connectivity index (χ4v) is 1.72. The van der Waals surface area contributed by atoms with Crippen LogP contribution in [0.3, 0.4) is 0 Å². The standard InChI is InChI=1S/C12H18N4/c1-13-7-6-12-14-8-10-4-5-11(15(2)3)9-16(10)12/h4-5,8-9,13H,6-7H2,1-3H3. The van der Waals surface area contributed by atoms with Gasteiger partial charge in [-0.3, -0.25) is 0 Å². The zero-order valence-electron chi connectivity index (χ0n) is 10.1. The number of hydrogen-bond acceptors (Lipinski definition) is 3. The van der Waals surface area contributed by atoms with Crippen LogP contribution in [0.25, 0.3) is 5.52 Å². The van der Waals surface area contributed by atoms with Crippen LogP contribution in [0.5, 0.6) is 0 Å². The fraction of sp³-hybridized carbons (Fsp3) is 0.417. The molecular formula is C12H18N4. The topological polar surface area (TPSA) is 32.6 Å². The second-order valence-corrected chi connectivity index (χ2v) is 4.10. The maximum absolute atomic E-state index is 4.44. The zero-order chi connectivity index (χ0) is 11.5. The van der Waals surface area contributed by atoms with Crippen molar-refractivity contribution in [1.82, 2.24) is 14.7 Å². The SMILES string of the molecule is CNCCc1ncc2ccc(N(C)C)cn12. The Morgan fingerprint density at radius 1 is 1.38 bits per heavy atom. The van der Waals surface area contributed by atoms with Gasteiger partial charge in [0.25, 0.3) is 0 Å². The number of likely N-dealkylation sites (N-methyl/N-ethyl adjacent to an activating group) is 1. The van der Waals surface area contributed by atoms with E-state index < -0.39 is 0 Å². The van der Waals surface area contributed by atoms with Gasteiger partial charge in [0.15, 0.2) is 0 Å². The first-order valence-corrected chi connectivity index (χ1v) is 5.50. The molecule has 16 heavy (non-hydrogen) atoms. The van der Waals surface area contributed by atoms with E-state index in [1.165, 1.54) is 5.69 Å². The Morgan fingerprint density at radius 3 is 2.88 bits per heavy atom. The molecule has 2 rings (SSSR count). The summed E-state index contributed by atoms with van der Waals surface area (Å²) in [6.07, 6.45) is 5.00. The van der Waals surface area contributed by atoms with E-state index in [0.29, 0.717) is 0 Å². The van der Waals surface area contributed by atoms with Gasteiger partial charge in [0.05, 0.1) is 17.4 Å². The van der Waals surface area contributed by atoms with Gasteiger partial charge in [0.2, 0.25) is 0 Å². The van der Waals surface area contributed by atoms with Crippen molar-refractivity contribution in [2.45, 2.75) is 6.42 Å². The minimum absolute atomic E-state index is 0.946. The Balaban J connectivity index is 2.39. The molecule has 0 unspecified atom stereocenters. The smallest absolute Gasteiger partial charge is 0.114 e. The summed E-state index contributed by atoms with van der Waals surface area (Å²) < 4.78 is 2.16. The van der Waals surface area contributed by atoms with E-state index in [2.05, 4.69) is 37.9 Å². The van der Waals surface area contributed by atoms with Crippen LogP contribution in [0.1, 0.15) is 5.82 Å². The molecule has 0 aliphatic heterocycles. The van der Waals surface area contributed by atoms with Gasteiger partial charge in [-0.1, -0.05) is 0 Å². The predicted molar refractivity (Wildman–Crippen MR) is 67.1 cm³/mol. The summed E-state index contributed by atoms with van der Waals surface area (Å²) in [5.74, 6) is 1.10. The van der Waals surface area contributed by atoms with Gasteiger partial charge in [-0.15, -0.1) is 0 Å². The number of aromatic nitrogens is 2. The molecule has 4 nitrogen and oxygen atoms in total. The number of imidazole rings is 1. The number of hydrogen-bond donors (Lipinski definition) is 1. The molecule has 0 amide bonds. The van der Waals surface area contributed by atoms with E-state index in [-0.39, 0.29) is 0 Å². The minimum Gasteiger partial charge on any atom is -0.376 e. The van der Waals surface area contributed by atoms with Crippen LogP contribution >= 0.6 is 0 Å². The van der Waals surface area contributed by atoms with Crippen molar-refractivity contribution in [3.8, 4) is 0 Å². The number of rotatable bonds is 4. The lowest BCUT2D eigenvalue weighted by Gasteiger charge is -2.13. The van der Waals surface area contributed by atoms with E-state index in [0.717, 1.165) is 24.3 Å². The molecule has 0 fully saturated rings. The average Bonchev–Trinajstić information content (AvgIpc) is 2.68. The molecular weight excluding hydrogens is 200 g/mol. The quantitative estimate of drug-likeness (QED) is 0.836. The molecule has 0 bridgehead atoms. The maximum atomic E-state index is 4.44. The Labute approximate surface area is 95.9 Å². The molecule has 2 heterocycles. The molecule has 86 valence electrons. The van der Waals surface area contributed by atoms with Crippen LogP contribution in [0, 0.1) is 0 Å². The fourth-order valence-electron chi connectivity index (χ4n) is 1.72. The molecule has 0 aliphatic rings. The summed E-state index contributed by atoms with van der Waals surface area (Å²) >= 11 is 0. The van der Waals surface area contributed by atoms with Gasteiger partial charge < -0.3 is 14.6 Å². The average molecular weight is 218 g/mol. The monoisotopic (exact) mass is 218 g/mol. The number of nitrogens with one attached hydrogen (secondary N) is 1. The molecule has 0 saturated heterocycles. The van der Waals surface area contributed by atoms with Crippen molar-refractivity contribution in [1.29, 1.82) is 0 Å². The second kappa shape index (κ2) is 4.53. The lowest BCUT2D eigenvalue weighted by molar-refractivity contribution is 0.753. The van der Waals surface area contributed by atoms with Crippen molar-refractivity contribution >= 4 is 11.2 Å². The maximum Gasteiger partial charge on any atom is 0.114 e. The molecule has 0 radical (unpaired) electrons. The summed E-state index contributed by atoms with van der Waals surface area (Å²) in [7, 11) is 6.05. The molecule has 0 spiro atoms. The summed E-state index contributed by atoms with van der Waals surface area (Å²) in [5, 5.41) is 3.14. The first kappa shape index (κ1) is 11.0. The Kier molecular flexibility index (Phi) is 3.10. The van der Waals surface area contributed by atoms with E-state index in [9.17, 15) is 0 Å². The highest BCUT2D eigenvalue weighted by Gasteiger charge is 2.04. The normalized spacial score (nSPS) is 10.9. The highest BCUT2D eigenvalue weighted by Crippen LogP contribution is 2.15. The third-order valence-electron chi connectivity index (χ3n) is 2.70. The largest absolute Gasteiger partial charge is 0.376 e. The summed E-state index contributed by atoms with van der Waals surface area (Å²) in [4.78, 5) is 6.54. The van der Waals surface area contributed by atoms with Crippen LogP contribution in [0.2, 0.25) is 0 Å². The molecule has 4 heteroatoms. The van der Waals surface area contributed by atoms with Gasteiger partial charge in [0.1, 0.15) is 5.82 Å². The zero-order valence-corrected chi connectivity index (χ0v) is 10.1. The lowest BCUT2D eigenvalue weighted by atomic mass is 10.3. The van der Waals surface area contributed by atoms with E-state index in [1.54, 1.807) is 0 Å². The van der Waals surface area contributed by atoms with Crippen LogP contribution in [-0.4, -0.2) is 37.1 Å². The minimum atomic E-state index is 0.946. The van der Waals surface area contributed by atoms with E-state index in [1.807, 2.05) is 27.3 Å². The molecule has 0 aromatic carbocycles. The van der Waals surface area contributed by atoms with E-state index in [4.69, 9.17) is 0 Å². The van der Waals surface area contributed by atoms with Crippen molar-refractivity contribution in [3.05, 3.63) is 30.4 Å². The van der Waals surface area contributed by atoms with Gasteiger partial charge >= 0.3 is 0 Å². The number of fused-ring (bicyclic) bond motifs is 1. The summed E-state index contributed by atoms with van der Waals surface area (Å²) in [5.41, 5.74) is 2.34. The van der Waals surface area contributed by atoms with Gasteiger partial charge in [-0.25, -0.2) is 4.98 Å². The highest BCUT2D eigenvalue weighted by atomic mass is 15.1. The molecule has 2 aromatic heterocycles. The van der Waals surface area contributed by atoms with Gasteiger partial charge in [-0.05, 0) is 19.2 Å². The van der Waals surface area contributed by atoms with Gasteiger partial charge in [0, 0.05) is 33.3 Å². The second-order valence-electron chi connectivity index (χ2n) is 4.10. The molecule has 0 aliphatic carbocycles. The Bertz CT molecular complexity index is 473. The van der Waals surface area contributed by atoms with Crippen molar-refractivity contribution in [2.75, 3.05) is 32.6 Å².